The van der Waals surface area contributed by atoms with Crippen LogP contribution in [-0.4, -0.2) is 22.0 Å². The molecule has 5 heteroatoms. The fourth-order valence-electron chi connectivity index (χ4n) is 1.50. The maximum atomic E-state index is 11.8. The van der Waals surface area contributed by atoms with E-state index >= 15 is 0 Å². The molecule has 1 N–H and O–H groups in total. The fourth-order valence-corrected chi connectivity index (χ4v) is 1.50. The van der Waals surface area contributed by atoms with Crippen molar-refractivity contribution >= 4 is 17.5 Å². The van der Waals surface area contributed by atoms with Crippen LogP contribution in [-0.2, 0) is 4.74 Å². The third-order valence-corrected chi connectivity index (χ3v) is 2.45. The molecule has 2 rings (SSSR count). The molecule has 1 atom stereocenters. The summed E-state index contributed by atoms with van der Waals surface area (Å²) in [7, 11) is 0. The van der Waals surface area contributed by atoms with Crippen LogP contribution in [0, 0.1) is 12.3 Å². The second kappa shape index (κ2) is 6.34. The molecule has 1 aromatic carbocycles. The van der Waals surface area contributed by atoms with Crippen LogP contribution < -0.4 is 5.32 Å². The second-order valence-corrected chi connectivity index (χ2v) is 4.01. The fraction of sp³-hybridized carbons (Fsp3) is 0.133. The van der Waals surface area contributed by atoms with Crippen LogP contribution in [0.1, 0.15) is 17.3 Å². The monoisotopic (exact) mass is 267 g/mol. The number of aromatic nitrogens is 2. The van der Waals surface area contributed by atoms with Gasteiger partial charge in [-0.1, -0.05) is 12.0 Å². The van der Waals surface area contributed by atoms with Gasteiger partial charge in [0.15, 0.2) is 6.10 Å². The van der Waals surface area contributed by atoms with Gasteiger partial charge in [0.25, 0.3) is 0 Å². The van der Waals surface area contributed by atoms with Gasteiger partial charge in [-0.3, -0.25) is 4.98 Å². The minimum Gasteiger partial charge on any atom is -0.446 e. The van der Waals surface area contributed by atoms with Crippen LogP contribution in [0.2, 0.25) is 0 Å². The van der Waals surface area contributed by atoms with Crippen LogP contribution in [0.4, 0.5) is 11.5 Å². The van der Waals surface area contributed by atoms with E-state index in [9.17, 15) is 4.79 Å². The van der Waals surface area contributed by atoms with E-state index in [0.29, 0.717) is 17.1 Å². The summed E-state index contributed by atoms with van der Waals surface area (Å²) in [5, 5.41) is 3.04. The van der Waals surface area contributed by atoms with Crippen molar-refractivity contribution in [2.24, 2.45) is 0 Å². The Morgan fingerprint density at radius 3 is 3.00 bits per heavy atom. The van der Waals surface area contributed by atoms with E-state index in [2.05, 4.69) is 21.2 Å². The quantitative estimate of drug-likeness (QED) is 0.680. The number of carbonyl (C=O) groups is 1. The molecular weight excluding hydrogens is 254 g/mol. The first kappa shape index (κ1) is 13.6. The van der Waals surface area contributed by atoms with Crippen molar-refractivity contribution in [1.82, 2.24) is 9.97 Å². The molecule has 20 heavy (non-hydrogen) atoms. The molecule has 0 unspecified atom stereocenters. The van der Waals surface area contributed by atoms with Gasteiger partial charge in [-0.05, 0) is 25.1 Å². The molecule has 1 heterocycles. The van der Waals surface area contributed by atoms with E-state index in [-0.39, 0.29) is 0 Å². The first-order valence-electron chi connectivity index (χ1n) is 5.99. The number of esters is 1. The summed E-state index contributed by atoms with van der Waals surface area (Å²) in [6, 6.07) is 6.89. The SMILES string of the molecule is C#C[C@@H](C)OC(=O)c1cccc(Nc2cnccn2)c1. The van der Waals surface area contributed by atoms with Gasteiger partial charge in [0.2, 0.25) is 0 Å². The maximum Gasteiger partial charge on any atom is 0.339 e. The normalized spacial score (nSPS) is 11.2. The molecule has 0 saturated heterocycles. The molecule has 2 aromatic rings. The lowest BCUT2D eigenvalue weighted by Crippen LogP contribution is -2.13. The van der Waals surface area contributed by atoms with Gasteiger partial charge in [-0.2, -0.15) is 0 Å². The summed E-state index contributed by atoms with van der Waals surface area (Å²) in [5.74, 6) is 2.48. The number of rotatable bonds is 4. The van der Waals surface area contributed by atoms with Gasteiger partial charge in [0.1, 0.15) is 5.82 Å². The van der Waals surface area contributed by atoms with E-state index in [1.165, 1.54) is 0 Å². The summed E-state index contributed by atoms with van der Waals surface area (Å²) in [6.07, 6.45) is 9.37. The summed E-state index contributed by atoms with van der Waals surface area (Å²) >= 11 is 0. The Morgan fingerprint density at radius 2 is 2.30 bits per heavy atom. The van der Waals surface area contributed by atoms with Crippen LogP contribution in [0.5, 0.6) is 0 Å². The summed E-state index contributed by atoms with van der Waals surface area (Å²) in [5.41, 5.74) is 1.13. The highest BCUT2D eigenvalue weighted by Gasteiger charge is 2.10. The van der Waals surface area contributed by atoms with Crippen molar-refractivity contribution in [2.75, 3.05) is 5.32 Å². The Hall–Kier alpha value is -2.87. The first-order chi connectivity index (χ1) is 9.69. The number of hydrogen-bond acceptors (Lipinski definition) is 5. The number of hydrogen-bond donors (Lipinski definition) is 1. The van der Waals surface area contributed by atoms with Crippen molar-refractivity contribution in [3.63, 3.8) is 0 Å². The van der Waals surface area contributed by atoms with Crippen LogP contribution in [0.25, 0.3) is 0 Å². The van der Waals surface area contributed by atoms with Gasteiger partial charge in [-0.15, -0.1) is 6.42 Å². The molecule has 0 aliphatic rings. The number of anilines is 2. The Balaban J connectivity index is 2.12. The van der Waals surface area contributed by atoms with E-state index in [4.69, 9.17) is 11.2 Å². The highest BCUT2D eigenvalue weighted by Crippen LogP contribution is 2.16. The Kier molecular flexibility index (Phi) is 4.30. The lowest BCUT2D eigenvalue weighted by Gasteiger charge is -2.09. The first-order valence-corrected chi connectivity index (χ1v) is 5.99. The maximum absolute atomic E-state index is 11.8. The van der Waals surface area contributed by atoms with Gasteiger partial charge in [0, 0.05) is 18.1 Å². The molecule has 0 fully saturated rings. The number of benzene rings is 1. The number of carbonyl (C=O) groups excluding carboxylic acids is 1. The van der Waals surface area contributed by atoms with E-state index in [1.807, 2.05) is 6.07 Å². The van der Waals surface area contributed by atoms with Gasteiger partial charge in [0.05, 0.1) is 11.8 Å². The third kappa shape index (κ3) is 3.56. The molecule has 0 aliphatic heterocycles. The Bertz CT molecular complexity index is 635. The molecule has 100 valence electrons. The molecule has 1 aromatic heterocycles. The smallest absolute Gasteiger partial charge is 0.339 e. The zero-order valence-corrected chi connectivity index (χ0v) is 10.9. The molecule has 0 bridgehead atoms. The molecule has 5 nitrogen and oxygen atoms in total. The van der Waals surface area contributed by atoms with Gasteiger partial charge < -0.3 is 10.1 Å². The molecule has 0 spiro atoms. The number of nitrogens with one attached hydrogen (secondary N) is 1. The molecular formula is C15H13N3O2. The summed E-state index contributed by atoms with van der Waals surface area (Å²) in [4.78, 5) is 19.9. The minimum atomic E-state index is -0.556. The largest absolute Gasteiger partial charge is 0.446 e. The van der Waals surface area contributed by atoms with Crippen molar-refractivity contribution in [3.8, 4) is 12.3 Å². The Morgan fingerprint density at radius 1 is 1.45 bits per heavy atom. The van der Waals surface area contributed by atoms with Gasteiger partial charge in [-0.25, -0.2) is 9.78 Å². The average Bonchev–Trinajstić information content (AvgIpc) is 2.48. The van der Waals surface area contributed by atoms with E-state index in [0.717, 1.165) is 0 Å². The van der Waals surface area contributed by atoms with Crippen LogP contribution in [0.15, 0.2) is 42.9 Å². The molecule has 0 amide bonds. The lowest BCUT2D eigenvalue weighted by atomic mass is 10.2. The molecule has 0 radical (unpaired) electrons. The van der Waals surface area contributed by atoms with Crippen molar-refractivity contribution < 1.29 is 9.53 Å². The zero-order valence-electron chi connectivity index (χ0n) is 10.9. The zero-order chi connectivity index (χ0) is 14.4. The highest BCUT2D eigenvalue weighted by atomic mass is 16.5. The summed E-state index contributed by atoms with van der Waals surface area (Å²) < 4.78 is 5.06. The van der Waals surface area contributed by atoms with Crippen LogP contribution >= 0.6 is 0 Å². The molecule has 0 aliphatic carbocycles. The molecule has 0 saturated carbocycles. The predicted molar refractivity (Wildman–Crippen MR) is 75.5 cm³/mol. The minimum absolute atomic E-state index is 0.418. The lowest BCUT2D eigenvalue weighted by molar-refractivity contribution is 0.0439. The Labute approximate surface area is 117 Å². The van der Waals surface area contributed by atoms with Crippen molar-refractivity contribution in [2.45, 2.75) is 13.0 Å². The van der Waals surface area contributed by atoms with Crippen LogP contribution in [0.3, 0.4) is 0 Å². The average molecular weight is 267 g/mol. The predicted octanol–water partition coefficient (Wildman–Crippen LogP) is 2.40. The second-order valence-electron chi connectivity index (χ2n) is 4.01. The number of terminal acetylenes is 1. The number of ether oxygens (including phenoxy) is 1. The van der Waals surface area contributed by atoms with E-state index in [1.54, 1.807) is 43.7 Å². The number of nitrogens with zero attached hydrogens (tertiary/aromatic N) is 2. The summed E-state index contributed by atoms with van der Waals surface area (Å²) in [6.45, 7) is 1.64. The standard InChI is InChI=1S/C15H13N3O2/c1-3-11(2)20-15(19)12-5-4-6-13(9-12)18-14-10-16-7-8-17-14/h1,4-11H,2H3,(H,17,18)/t11-/m1/s1. The van der Waals surface area contributed by atoms with Gasteiger partial charge >= 0.3 is 5.97 Å². The van der Waals surface area contributed by atoms with E-state index < -0.39 is 12.1 Å². The third-order valence-electron chi connectivity index (χ3n) is 2.45. The van der Waals surface area contributed by atoms with Crippen molar-refractivity contribution in [3.05, 3.63) is 48.4 Å². The topological polar surface area (TPSA) is 64.1 Å². The highest BCUT2D eigenvalue weighted by molar-refractivity contribution is 5.91. The van der Waals surface area contributed by atoms with Crippen molar-refractivity contribution in [1.29, 1.82) is 0 Å².